The molecule has 2 aromatic carbocycles. The van der Waals surface area contributed by atoms with Gasteiger partial charge in [-0.1, -0.05) is 30.3 Å². The molecule has 3 amide bonds. The third-order valence-electron chi connectivity index (χ3n) is 7.30. The Kier molecular flexibility index (Phi) is 7.26. The summed E-state index contributed by atoms with van der Waals surface area (Å²) < 4.78 is 4.89. The molecule has 5 rings (SSSR count). The van der Waals surface area contributed by atoms with Crippen LogP contribution < -0.4 is 26.0 Å². The maximum atomic E-state index is 13.0. The second-order valence-electron chi connectivity index (χ2n) is 9.91. The maximum Gasteiger partial charge on any atom is 0.409 e. The number of hydrogen-bond acceptors (Lipinski definition) is 6. The lowest BCUT2D eigenvalue weighted by Crippen LogP contribution is -2.50. The first-order valence-corrected chi connectivity index (χ1v) is 12.8. The van der Waals surface area contributed by atoms with Crippen molar-refractivity contribution < 1.29 is 19.1 Å². The zero-order chi connectivity index (χ0) is 26.6. The van der Waals surface area contributed by atoms with Gasteiger partial charge in [-0.3, -0.25) is 9.59 Å². The van der Waals surface area contributed by atoms with E-state index in [0.29, 0.717) is 29.0 Å². The van der Waals surface area contributed by atoms with Gasteiger partial charge in [0.1, 0.15) is 11.6 Å². The summed E-state index contributed by atoms with van der Waals surface area (Å²) in [6.07, 6.45) is 4.47. The van der Waals surface area contributed by atoms with Crippen molar-refractivity contribution in [3.8, 4) is 5.75 Å². The number of ether oxygens (including phenoxy) is 1. The van der Waals surface area contributed by atoms with E-state index in [1.807, 2.05) is 42.5 Å². The number of aryl methyl sites for hydroxylation is 1. The molecule has 3 atom stereocenters. The molecule has 1 aromatic heterocycles. The lowest BCUT2D eigenvalue weighted by atomic mass is 9.96. The molecule has 2 saturated heterocycles. The van der Waals surface area contributed by atoms with Crippen molar-refractivity contribution in [1.82, 2.24) is 15.6 Å². The Morgan fingerprint density at radius 2 is 1.74 bits per heavy atom. The number of carbonyl (C=O) groups is 3. The minimum atomic E-state index is -0.890. The third kappa shape index (κ3) is 5.61. The normalized spacial score (nSPS) is 20.0. The largest absolute Gasteiger partial charge is 0.410 e. The van der Waals surface area contributed by atoms with Gasteiger partial charge in [-0.05, 0) is 74.1 Å². The highest BCUT2D eigenvalue weighted by Gasteiger charge is 2.41. The van der Waals surface area contributed by atoms with Gasteiger partial charge in [-0.2, -0.15) is 0 Å². The fraction of sp³-hybridized carbons (Fsp3) is 0.310. The van der Waals surface area contributed by atoms with Crippen molar-refractivity contribution in [2.45, 2.75) is 57.3 Å². The second kappa shape index (κ2) is 10.9. The summed E-state index contributed by atoms with van der Waals surface area (Å²) in [6, 6.07) is 19.0. The topological polar surface area (TPSA) is 127 Å². The zero-order valence-electron chi connectivity index (χ0n) is 21.2. The number of nitrogens with zero attached hydrogens (tertiary/aromatic N) is 2. The first-order chi connectivity index (χ1) is 18.4. The molecule has 4 N–H and O–H groups in total. The number of anilines is 1. The molecular formula is C29H31N5O4. The Morgan fingerprint density at radius 3 is 2.37 bits per heavy atom. The number of fused-ring (bicyclic) bond motifs is 2. The maximum absolute atomic E-state index is 13.0. The van der Waals surface area contributed by atoms with E-state index in [1.165, 1.54) is 0 Å². The molecule has 3 aromatic rings. The number of rotatable bonds is 7. The minimum absolute atomic E-state index is 0.0558. The number of amides is 3. The average molecular weight is 514 g/mol. The van der Waals surface area contributed by atoms with Crippen molar-refractivity contribution in [3.63, 3.8) is 0 Å². The van der Waals surface area contributed by atoms with Gasteiger partial charge in [0.15, 0.2) is 0 Å². The summed E-state index contributed by atoms with van der Waals surface area (Å²) >= 11 is 0. The lowest BCUT2D eigenvalue weighted by molar-refractivity contribution is 0.0924. The van der Waals surface area contributed by atoms with Gasteiger partial charge in [-0.25, -0.2) is 9.78 Å². The van der Waals surface area contributed by atoms with E-state index in [2.05, 4.69) is 20.5 Å². The molecule has 0 aliphatic carbocycles. The van der Waals surface area contributed by atoms with Gasteiger partial charge in [0.2, 0.25) is 0 Å². The molecule has 3 heterocycles. The van der Waals surface area contributed by atoms with Crippen molar-refractivity contribution in [1.29, 1.82) is 0 Å². The summed E-state index contributed by atoms with van der Waals surface area (Å²) in [5.74, 6) is 0.879. The highest BCUT2D eigenvalue weighted by atomic mass is 16.5. The summed E-state index contributed by atoms with van der Waals surface area (Å²) in [5, 5.41) is 6.13. The summed E-state index contributed by atoms with van der Waals surface area (Å²) in [4.78, 5) is 43.5. The molecule has 9 nitrogen and oxygen atoms in total. The number of nitrogens with two attached hydrogens (primary N) is 1. The van der Waals surface area contributed by atoms with Crippen LogP contribution in [0.2, 0.25) is 0 Å². The molecule has 196 valence electrons. The molecule has 2 aliphatic rings. The predicted molar refractivity (Wildman–Crippen MR) is 143 cm³/mol. The Hall–Kier alpha value is -4.40. The summed E-state index contributed by atoms with van der Waals surface area (Å²) in [6.45, 7) is 2.27. The van der Waals surface area contributed by atoms with Crippen molar-refractivity contribution in [2.24, 2.45) is 5.73 Å². The van der Waals surface area contributed by atoms with E-state index in [-0.39, 0.29) is 29.9 Å². The monoisotopic (exact) mass is 513 g/mol. The summed E-state index contributed by atoms with van der Waals surface area (Å²) in [5.41, 5.74) is 7.89. The second-order valence-corrected chi connectivity index (χ2v) is 9.91. The quantitative estimate of drug-likeness (QED) is 0.442. The van der Waals surface area contributed by atoms with Gasteiger partial charge in [0.25, 0.3) is 11.8 Å². The molecule has 2 aliphatic heterocycles. The lowest BCUT2D eigenvalue weighted by Gasteiger charge is -2.40. The highest BCUT2D eigenvalue weighted by molar-refractivity contribution is 5.96. The number of pyridine rings is 1. The predicted octanol–water partition coefficient (Wildman–Crippen LogP) is 3.71. The van der Waals surface area contributed by atoms with Crippen LogP contribution >= 0.6 is 0 Å². The van der Waals surface area contributed by atoms with Crippen LogP contribution in [-0.4, -0.2) is 41.0 Å². The Balaban J connectivity index is 1.18. The molecule has 9 heteroatoms. The standard InChI is InChI=1S/C29H31N5O4/c1-18-13-24(38-29(30)37)10-11-25(18)28(36)33-21-14-22-8-9-23(15-21)34(22)26-12-7-20(17-31-26)27(35)32-16-19-5-3-2-4-6-19/h2-7,10-13,17,21-23H,8-9,14-16H2,1H3,(H2,30,37)(H,32,35)(H,33,36)/t21?,22-,23+. The van der Waals surface area contributed by atoms with E-state index in [1.54, 1.807) is 31.3 Å². The number of benzene rings is 2. The fourth-order valence-electron chi connectivity index (χ4n) is 5.56. The van der Waals surface area contributed by atoms with Crippen LogP contribution in [0.5, 0.6) is 5.75 Å². The van der Waals surface area contributed by atoms with Crippen molar-refractivity contribution >= 4 is 23.7 Å². The smallest absolute Gasteiger partial charge is 0.409 e. The van der Waals surface area contributed by atoms with E-state index in [4.69, 9.17) is 10.5 Å². The first kappa shape index (κ1) is 25.3. The first-order valence-electron chi connectivity index (χ1n) is 12.8. The van der Waals surface area contributed by atoms with E-state index >= 15 is 0 Å². The molecule has 0 spiro atoms. The SMILES string of the molecule is Cc1cc(OC(N)=O)ccc1C(=O)NC1C[C@H]2CC[C@@H](C1)N2c1ccc(C(=O)NCc2ccccc2)cn1. The third-order valence-corrected chi connectivity index (χ3v) is 7.30. The van der Waals surface area contributed by atoms with Crippen molar-refractivity contribution in [3.05, 3.63) is 89.1 Å². The molecule has 38 heavy (non-hydrogen) atoms. The molecule has 0 radical (unpaired) electrons. The Bertz CT molecular complexity index is 1310. The minimum Gasteiger partial charge on any atom is -0.410 e. The van der Waals surface area contributed by atoms with Crippen LogP contribution in [0.15, 0.2) is 66.9 Å². The van der Waals surface area contributed by atoms with Crippen LogP contribution in [0.1, 0.15) is 57.5 Å². The van der Waals surface area contributed by atoms with Crippen LogP contribution in [-0.2, 0) is 6.54 Å². The van der Waals surface area contributed by atoms with Crippen LogP contribution in [0.25, 0.3) is 0 Å². The van der Waals surface area contributed by atoms with Gasteiger partial charge in [-0.15, -0.1) is 0 Å². The molecule has 2 fully saturated rings. The van der Waals surface area contributed by atoms with E-state index < -0.39 is 6.09 Å². The van der Waals surface area contributed by atoms with Crippen LogP contribution in [0.4, 0.5) is 10.6 Å². The summed E-state index contributed by atoms with van der Waals surface area (Å²) in [7, 11) is 0. The van der Waals surface area contributed by atoms with E-state index in [0.717, 1.165) is 37.1 Å². The molecule has 0 saturated carbocycles. The number of nitrogens with one attached hydrogen (secondary N) is 2. The molecular weight excluding hydrogens is 482 g/mol. The van der Waals surface area contributed by atoms with E-state index in [9.17, 15) is 14.4 Å². The number of piperidine rings is 1. The van der Waals surface area contributed by atoms with Gasteiger partial charge in [0.05, 0.1) is 5.56 Å². The highest BCUT2D eigenvalue weighted by Crippen LogP contribution is 2.38. The number of hydrogen-bond donors (Lipinski definition) is 3. The van der Waals surface area contributed by atoms with Crippen LogP contribution in [0, 0.1) is 6.92 Å². The Morgan fingerprint density at radius 1 is 1.00 bits per heavy atom. The zero-order valence-corrected chi connectivity index (χ0v) is 21.2. The van der Waals surface area contributed by atoms with Crippen LogP contribution in [0.3, 0.4) is 0 Å². The number of carbonyl (C=O) groups excluding carboxylic acids is 3. The van der Waals surface area contributed by atoms with Gasteiger partial charge < -0.3 is 26.0 Å². The number of aromatic nitrogens is 1. The molecule has 1 unspecified atom stereocenters. The van der Waals surface area contributed by atoms with Gasteiger partial charge >= 0.3 is 6.09 Å². The average Bonchev–Trinajstić information content (AvgIpc) is 3.17. The Labute approximate surface area is 221 Å². The van der Waals surface area contributed by atoms with Gasteiger partial charge in [0, 0.05) is 36.4 Å². The molecule has 2 bridgehead atoms. The fourth-order valence-corrected chi connectivity index (χ4v) is 5.56. The number of primary amides is 1. The van der Waals surface area contributed by atoms with Crippen molar-refractivity contribution in [2.75, 3.05) is 4.90 Å².